The van der Waals surface area contributed by atoms with Crippen LogP contribution in [0.2, 0.25) is 0 Å². The third kappa shape index (κ3) is 5.52. The molecule has 1 atom stereocenters. The minimum Gasteiger partial charge on any atom is -0.497 e. The zero-order chi connectivity index (χ0) is 23.2. The van der Waals surface area contributed by atoms with Crippen molar-refractivity contribution in [2.45, 2.75) is 19.8 Å². The van der Waals surface area contributed by atoms with Crippen molar-refractivity contribution >= 4 is 17.4 Å². The Bertz CT molecular complexity index is 1080. The lowest BCUT2D eigenvalue weighted by Crippen LogP contribution is -2.41. The Morgan fingerprint density at radius 1 is 1.00 bits per heavy atom. The van der Waals surface area contributed by atoms with Crippen LogP contribution in [-0.2, 0) is 4.79 Å². The highest BCUT2D eigenvalue weighted by Gasteiger charge is 2.29. The molecule has 1 aromatic heterocycles. The fourth-order valence-electron chi connectivity index (χ4n) is 3.83. The number of nitrogens with one attached hydrogen (secondary N) is 1. The van der Waals surface area contributed by atoms with Crippen LogP contribution in [0.4, 0.5) is 11.5 Å². The zero-order valence-electron chi connectivity index (χ0n) is 19.1. The SMILES string of the molecule is COc1cc(NC(=O)C2CCCN(c3nccnc3Oc3ccc(C)cc3)C2)cc(OC)c1. The molecule has 4 rings (SSSR count). The maximum atomic E-state index is 13.1. The van der Waals surface area contributed by atoms with Crippen molar-refractivity contribution in [1.29, 1.82) is 0 Å². The van der Waals surface area contributed by atoms with Gasteiger partial charge in [-0.05, 0) is 31.9 Å². The number of anilines is 2. The first-order valence-electron chi connectivity index (χ1n) is 10.9. The van der Waals surface area contributed by atoms with E-state index < -0.39 is 0 Å². The van der Waals surface area contributed by atoms with Crippen LogP contribution in [0, 0.1) is 12.8 Å². The summed E-state index contributed by atoms with van der Waals surface area (Å²) in [6.45, 7) is 3.33. The molecule has 1 saturated heterocycles. The van der Waals surface area contributed by atoms with E-state index in [2.05, 4.69) is 20.2 Å². The van der Waals surface area contributed by atoms with Crippen molar-refractivity contribution in [3.8, 4) is 23.1 Å². The van der Waals surface area contributed by atoms with Crippen molar-refractivity contribution < 1.29 is 19.0 Å². The number of carbonyl (C=O) groups is 1. The molecule has 1 N–H and O–H groups in total. The Hall–Kier alpha value is -3.81. The largest absolute Gasteiger partial charge is 0.497 e. The molecule has 0 saturated carbocycles. The normalized spacial score (nSPS) is 15.6. The molecule has 8 heteroatoms. The van der Waals surface area contributed by atoms with Gasteiger partial charge in [-0.3, -0.25) is 4.79 Å². The molecular formula is C25H28N4O4. The first kappa shape index (κ1) is 22.4. The third-order valence-corrected chi connectivity index (χ3v) is 5.59. The standard InChI is InChI=1S/C25H28N4O4/c1-17-6-8-20(9-7-17)33-25-23(26-10-11-27-25)29-12-4-5-18(16-29)24(30)28-19-13-21(31-2)15-22(14-19)32-3/h6-11,13-15,18H,4-5,12,16H2,1-3H3,(H,28,30). The van der Waals surface area contributed by atoms with Gasteiger partial charge in [0.25, 0.3) is 5.88 Å². The molecule has 0 bridgehead atoms. The molecule has 2 aromatic carbocycles. The molecule has 2 heterocycles. The summed E-state index contributed by atoms with van der Waals surface area (Å²) < 4.78 is 16.6. The Balaban J connectivity index is 1.48. The highest BCUT2D eigenvalue weighted by atomic mass is 16.5. The van der Waals surface area contributed by atoms with Gasteiger partial charge in [-0.2, -0.15) is 0 Å². The van der Waals surface area contributed by atoms with Crippen molar-refractivity contribution in [3.05, 3.63) is 60.4 Å². The van der Waals surface area contributed by atoms with Crippen molar-refractivity contribution in [3.63, 3.8) is 0 Å². The summed E-state index contributed by atoms with van der Waals surface area (Å²) >= 11 is 0. The van der Waals surface area contributed by atoms with Gasteiger partial charge < -0.3 is 24.4 Å². The Morgan fingerprint density at radius 2 is 1.70 bits per heavy atom. The lowest BCUT2D eigenvalue weighted by Gasteiger charge is -2.33. The third-order valence-electron chi connectivity index (χ3n) is 5.59. The highest BCUT2D eigenvalue weighted by molar-refractivity contribution is 5.93. The predicted molar refractivity (Wildman–Crippen MR) is 126 cm³/mol. The highest BCUT2D eigenvalue weighted by Crippen LogP contribution is 2.32. The fraction of sp³-hybridized carbons (Fsp3) is 0.320. The lowest BCUT2D eigenvalue weighted by atomic mass is 9.97. The first-order chi connectivity index (χ1) is 16.1. The van der Waals surface area contributed by atoms with Gasteiger partial charge >= 0.3 is 0 Å². The Morgan fingerprint density at radius 3 is 2.39 bits per heavy atom. The van der Waals surface area contributed by atoms with E-state index in [1.807, 2.05) is 31.2 Å². The number of benzene rings is 2. The average Bonchev–Trinajstić information content (AvgIpc) is 2.85. The number of amides is 1. The van der Waals surface area contributed by atoms with E-state index in [9.17, 15) is 4.79 Å². The molecule has 3 aromatic rings. The second kappa shape index (κ2) is 10.2. The van der Waals surface area contributed by atoms with Gasteiger partial charge in [0.05, 0.1) is 20.1 Å². The maximum absolute atomic E-state index is 13.1. The number of nitrogens with zero attached hydrogens (tertiary/aromatic N) is 3. The first-order valence-corrected chi connectivity index (χ1v) is 10.9. The Labute approximate surface area is 193 Å². The van der Waals surface area contributed by atoms with Gasteiger partial charge in [0.15, 0.2) is 5.82 Å². The van der Waals surface area contributed by atoms with E-state index in [0.717, 1.165) is 24.9 Å². The Kier molecular flexibility index (Phi) is 6.92. The van der Waals surface area contributed by atoms with Crippen molar-refractivity contribution in [2.24, 2.45) is 5.92 Å². The van der Waals surface area contributed by atoms with Crippen LogP contribution in [0.3, 0.4) is 0 Å². The van der Waals surface area contributed by atoms with Crippen molar-refractivity contribution in [2.75, 3.05) is 37.5 Å². The summed E-state index contributed by atoms with van der Waals surface area (Å²) in [5.74, 6) is 2.74. The molecule has 1 fully saturated rings. The number of rotatable bonds is 7. The van der Waals surface area contributed by atoms with Crippen molar-refractivity contribution in [1.82, 2.24) is 9.97 Å². The van der Waals surface area contributed by atoms with Crippen LogP contribution in [0.5, 0.6) is 23.1 Å². The summed E-state index contributed by atoms with van der Waals surface area (Å²) in [7, 11) is 3.16. The number of aryl methyl sites for hydroxylation is 1. The van der Waals surface area contributed by atoms with Gasteiger partial charge in [-0.15, -0.1) is 0 Å². The van der Waals surface area contributed by atoms with E-state index in [4.69, 9.17) is 14.2 Å². The number of methoxy groups -OCH3 is 2. The number of carbonyl (C=O) groups excluding carboxylic acids is 1. The van der Waals surface area contributed by atoms with Crippen LogP contribution >= 0.6 is 0 Å². The molecule has 1 aliphatic heterocycles. The molecule has 0 radical (unpaired) electrons. The fourth-order valence-corrected chi connectivity index (χ4v) is 3.83. The minimum atomic E-state index is -0.204. The van der Waals surface area contributed by atoms with Crippen LogP contribution in [0.1, 0.15) is 18.4 Å². The van der Waals surface area contributed by atoms with Gasteiger partial charge in [0.1, 0.15) is 17.2 Å². The maximum Gasteiger partial charge on any atom is 0.263 e. The van der Waals surface area contributed by atoms with Crippen LogP contribution in [0.25, 0.3) is 0 Å². The topological polar surface area (TPSA) is 85.8 Å². The number of piperidine rings is 1. The minimum absolute atomic E-state index is 0.0556. The number of aromatic nitrogens is 2. The van der Waals surface area contributed by atoms with E-state index in [0.29, 0.717) is 41.2 Å². The summed E-state index contributed by atoms with van der Waals surface area (Å²) in [4.78, 5) is 24.0. The summed E-state index contributed by atoms with van der Waals surface area (Å²) in [6.07, 6.45) is 4.90. The molecular weight excluding hydrogens is 420 g/mol. The smallest absolute Gasteiger partial charge is 0.263 e. The molecule has 1 amide bonds. The summed E-state index contributed by atoms with van der Waals surface area (Å²) in [5.41, 5.74) is 1.79. The number of hydrogen-bond acceptors (Lipinski definition) is 7. The predicted octanol–water partition coefficient (Wildman–Crippen LogP) is 4.45. The van der Waals surface area contributed by atoms with E-state index >= 15 is 0 Å². The molecule has 8 nitrogen and oxygen atoms in total. The quantitative estimate of drug-likeness (QED) is 0.571. The van der Waals surface area contributed by atoms with Crippen LogP contribution in [0.15, 0.2) is 54.9 Å². The molecule has 0 aliphatic carbocycles. The van der Waals surface area contributed by atoms with E-state index in [-0.39, 0.29) is 11.8 Å². The molecule has 172 valence electrons. The molecule has 1 aliphatic rings. The number of ether oxygens (including phenoxy) is 3. The van der Waals surface area contributed by atoms with E-state index in [1.54, 1.807) is 44.8 Å². The molecule has 1 unspecified atom stereocenters. The molecule has 33 heavy (non-hydrogen) atoms. The summed E-state index contributed by atoms with van der Waals surface area (Å²) in [5, 5.41) is 3.00. The average molecular weight is 449 g/mol. The van der Waals surface area contributed by atoms with Gasteiger partial charge in [-0.25, -0.2) is 9.97 Å². The molecule has 0 spiro atoms. The lowest BCUT2D eigenvalue weighted by molar-refractivity contribution is -0.120. The monoisotopic (exact) mass is 448 g/mol. The van der Waals surface area contributed by atoms with Crippen LogP contribution < -0.4 is 24.4 Å². The van der Waals surface area contributed by atoms with Gasteiger partial charge in [0, 0.05) is 49.4 Å². The van der Waals surface area contributed by atoms with E-state index in [1.165, 1.54) is 0 Å². The van der Waals surface area contributed by atoms with Gasteiger partial charge in [0.2, 0.25) is 5.91 Å². The van der Waals surface area contributed by atoms with Gasteiger partial charge in [-0.1, -0.05) is 17.7 Å². The summed E-state index contributed by atoms with van der Waals surface area (Å²) in [6, 6.07) is 13.1. The zero-order valence-corrected chi connectivity index (χ0v) is 19.1. The van der Waals surface area contributed by atoms with Crippen LogP contribution in [-0.4, -0.2) is 43.2 Å². The number of hydrogen-bond donors (Lipinski definition) is 1. The second-order valence-corrected chi connectivity index (χ2v) is 7.98. The second-order valence-electron chi connectivity index (χ2n) is 7.98.